The minimum Gasteiger partial charge on any atom is -0.488 e. The molecule has 2 heterocycles. The topological polar surface area (TPSA) is 125 Å². The van der Waals surface area contributed by atoms with Crippen molar-refractivity contribution in [1.29, 1.82) is 0 Å². The summed E-state index contributed by atoms with van der Waals surface area (Å²) in [6.45, 7) is 9.07. The van der Waals surface area contributed by atoms with E-state index in [1.165, 1.54) is 32.1 Å². The molecule has 11 heteroatoms. The van der Waals surface area contributed by atoms with Crippen LogP contribution in [0.15, 0.2) is 27.6 Å². The summed E-state index contributed by atoms with van der Waals surface area (Å²) in [6, 6.07) is 4.69. The quantitative estimate of drug-likeness (QED) is 0.462. The molecule has 1 aliphatic heterocycles. The maximum Gasteiger partial charge on any atom is 0.267 e. The molecule has 0 spiro atoms. The summed E-state index contributed by atoms with van der Waals surface area (Å²) in [6.07, 6.45) is 6.26. The van der Waals surface area contributed by atoms with Crippen LogP contribution in [0.4, 0.5) is 5.69 Å². The minimum atomic E-state index is -3.95. The molecule has 222 valence electrons. The third kappa shape index (κ3) is 7.16. The molecule has 0 bridgehead atoms. The highest BCUT2D eigenvalue weighted by molar-refractivity contribution is 7.92. The van der Waals surface area contributed by atoms with Crippen LogP contribution in [0, 0.1) is 25.7 Å². The number of likely N-dealkylation sites (N-methyl/N-ethyl adjacent to an activating group) is 1. The number of sulfonamides is 1. The van der Waals surface area contributed by atoms with E-state index in [0.29, 0.717) is 36.0 Å². The summed E-state index contributed by atoms with van der Waals surface area (Å²) in [4.78, 5) is 17.5. The summed E-state index contributed by atoms with van der Waals surface area (Å²) in [7, 11) is -1.83. The van der Waals surface area contributed by atoms with Crippen LogP contribution >= 0.6 is 0 Å². The number of hydrogen-bond acceptors (Lipinski definition) is 8. The molecular formula is C29H44N4O6S. The molecule has 0 unspecified atom stereocenters. The van der Waals surface area contributed by atoms with Crippen LogP contribution in [0.25, 0.3) is 0 Å². The van der Waals surface area contributed by atoms with E-state index < -0.39 is 10.0 Å². The molecule has 1 saturated carbocycles. The number of rotatable bonds is 9. The van der Waals surface area contributed by atoms with Gasteiger partial charge in [0.2, 0.25) is 5.91 Å². The molecule has 1 amide bonds. The van der Waals surface area contributed by atoms with E-state index in [9.17, 15) is 18.3 Å². The van der Waals surface area contributed by atoms with Gasteiger partial charge in [0.15, 0.2) is 10.7 Å². The van der Waals surface area contributed by atoms with Gasteiger partial charge in [0.25, 0.3) is 10.0 Å². The van der Waals surface area contributed by atoms with Crippen LogP contribution < -0.4 is 9.46 Å². The van der Waals surface area contributed by atoms with Gasteiger partial charge in [0.1, 0.15) is 17.5 Å². The first kappa shape index (κ1) is 30.3. The van der Waals surface area contributed by atoms with Crippen LogP contribution in [0.5, 0.6) is 5.75 Å². The Morgan fingerprint density at radius 2 is 1.93 bits per heavy atom. The van der Waals surface area contributed by atoms with Crippen molar-refractivity contribution < 1.29 is 27.6 Å². The number of aliphatic hydroxyl groups is 1. The third-order valence-corrected chi connectivity index (χ3v) is 9.82. The lowest BCUT2D eigenvalue weighted by Gasteiger charge is -2.35. The second kappa shape index (κ2) is 12.9. The first-order valence-corrected chi connectivity index (χ1v) is 15.8. The fraction of sp³-hybridized carbons (Fsp3) is 0.655. The number of aryl methyl sites for hydroxylation is 2. The molecule has 1 aromatic carbocycles. The second-order valence-electron chi connectivity index (χ2n) is 11.7. The van der Waals surface area contributed by atoms with Crippen molar-refractivity contribution >= 4 is 21.6 Å². The Balaban J connectivity index is 1.61. The van der Waals surface area contributed by atoms with Crippen LogP contribution in [0.3, 0.4) is 0 Å². The molecule has 1 aromatic heterocycles. The summed E-state index contributed by atoms with van der Waals surface area (Å²) in [5, 5.41) is 13.7. The Kier molecular flexibility index (Phi) is 9.79. The first-order valence-electron chi connectivity index (χ1n) is 14.3. The van der Waals surface area contributed by atoms with Crippen LogP contribution in [-0.2, 0) is 21.2 Å². The van der Waals surface area contributed by atoms with Crippen molar-refractivity contribution in [2.75, 3.05) is 38.0 Å². The maximum absolute atomic E-state index is 13.5. The van der Waals surface area contributed by atoms with Gasteiger partial charge in [-0.3, -0.25) is 9.52 Å². The van der Waals surface area contributed by atoms with Crippen LogP contribution in [0.2, 0.25) is 0 Å². The van der Waals surface area contributed by atoms with Crippen molar-refractivity contribution in [1.82, 2.24) is 15.0 Å². The maximum atomic E-state index is 13.5. The van der Waals surface area contributed by atoms with Crippen molar-refractivity contribution in [3.63, 3.8) is 0 Å². The molecule has 2 aliphatic rings. The van der Waals surface area contributed by atoms with Crippen LogP contribution in [-0.4, -0.2) is 79.8 Å². The second-order valence-corrected chi connectivity index (χ2v) is 13.3. The molecule has 0 saturated heterocycles. The predicted molar refractivity (Wildman–Crippen MR) is 153 cm³/mol. The highest BCUT2D eigenvalue weighted by Gasteiger charge is 2.32. The Hall–Kier alpha value is -2.63. The van der Waals surface area contributed by atoms with E-state index in [4.69, 9.17) is 9.26 Å². The van der Waals surface area contributed by atoms with Gasteiger partial charge < -0.3 is 24.2 Å². The number of aromatic nitrogens is 1. The smallest absolute Gasteiger partial charge is 0.267 e. The highest BCUT2D eigenvalue weighted by atomic mass is 32.2. The summed E-state index contributed by atoms with van der Waals surface area (Å²) in [5.74, 6) is 1.33. The van der Waals surface area contributed by atoms with Gasteiger partial charge in [-0.2, -0.15) is 0 Å². The van der Waals surface area contributed by atoms with Crippen LogP contribution in [0.1, 0.15) is 63.0 Å². The molecule has 2 aromatic rings. The van der Waals surface area contributed by atoms with E-state index in [-0.39, 0.29) is 53.3 Å². The first-order chi connectivity index (χ1) is 19.0. The van der Waals surface area contributed by atoms with E-state index in [1.807, 2.05) is 6.92 Å². The zero-order valence-corrected chi connectivity index (χ0v) is 25.2. The molecular weight excluding hydrogens is 532 g/mol. The number of amides is 1. The van der Waals surface area contributed by atoms with Crippen molar-refractivity contribution in [3.8, 4) is 5.75 Å². The zero-order valence-electron chi connectivity index (χ0n) is 24.4. The number of fused-ring (bicyclic) bond motifs is 1. The van der Waals surface area contributed by atoms with Gasteiger partial charge >= 0.3 is 0 Å². The summed E-state index contributed by atoms with van der Waals surface area (Å²) < 4.78 is 40.5. The number of nitrogens with zero attached hydrogens (tertiary/aromatic N) is 3. The SMILES string of the molecule is Cc1noc(C)c1S(=O)(=O)Nc1ccc2c(c1)CC(=O)N([C@@H](C)CO)C[C@@H](C)[C@@H](CN(C)CC1CCCCC1)O2. The van der Waals surface area contributed by atoms with Gasteiger partial charge in [-0.25, -0.2) is 8.42 Å². The minimum absolute atomic E-state index is 0.00112. The number of carbonyl (C=O) groups excluding carboxylic acids is 1. The fourth-order valence-corrected chi connectivity index (χ4v) is 7.35. The molecule has 0 radical (unpaired) electrons. The van der Waals surface area contributed by atoms with Gasteiger partial charge in [0, 0.05) is 36.8 Å². The lowest BCUT2D eigenvalue weighted by atomic mass is 9.89. The predicted octanol–water partition coefficient (Wildman–Crippen LogP) is 3.75. The Morgan fingerprint density at radius 3 is 2.58 bits per heavy atom. The Labute approximate surface area is 238 Å². The summed E-state index contributed by atoms with van der Waals surface area (Å²) in [5.41, 5.74) is 1.18. The average Bonchev–Trinajstić information content (AvgIpc) is 3.27. The number of aliphatic hydroxyl groups excluding tert-OH is 1. The Bertz CT molecular complexity index is 1250. The highest BCUT2D eigenvalue weighted by Crippen LogP contribution is 2.31. The lowest BCUT2D eigenvalue weighted by molar-refractivity contribution is -0.134. The number of nitrogens with one attached hydrogen (secondary N) is 1. The normalized spacial score (nSPS) is 21.8. The zero-order chi connectivity index (χ0) is 29.0. The fourth-order valence-electron chi connectivity index (χ4n) is 5.97. The molecule has 3 atom stereocenters. The van der Waals surface area contributed by atoms with Gasteiger partial charge in [0.05, 0.1) is 19.1 Å². The molecule has 40 heavy (non-hydrogen) atoms. The van der Waals surface area contributed by atoms with Crippen molar-refractivity contribution in [2.45, 2.75) is 83.3 Å². The number of benzene rings is 1. The monoisotopic (exact) mass is 576 g/mol. The standard InChI is InChI=1S/C29H44N4O6S/c1-19-15-33(20(2)18-34)28(35)14-24-13-25(31-40(36,37)29-21(3)30-39-22(29)4)11-12-26(24)38-27(19)17-32(5)16-23-9-7-6-8-10-23/h11-13,19-20,23,27,31,34H,6-10,14-18H2,1-5H3/t19-,20+,27-/m1/s1. The van der Waals surface area contributed by atoms with E-state index in [2.05, 4.69) is 28.8 Å². The van der Waals surface area contributed by atoms with Crippen molar-refractivity contribution in [3.05, 3.63) is 35.2 Å². The number of anilines is 1. The number of ether oxygens (including phenoxy) is 1. The van der Waals surface area contributed by atoms with Gasteiger partial charge in [-0.1, -0.05) is 31.3 Å². The van der Waals surface area contributed by atoms with E-state index in [0.717, 1.165) is 6.54 Å². The van der Waals surface area contributed by atoms with Crippen molar-refractivity contribution in [2.24, 2.45) is 11.8 Å². The van der Waals surface area contributed by atoms with Gasteiger partial charge in [-0.15, -0.1) is 0 Å². The molecule has 10 nitrogen and oxygen atoms in total. The largest absolute Gasteiger partial charge is 0.488 e. The Morgan fingerprint density at radius 1 is 1.20 bits per heavy atom. The van der Waals surface area contributed by atoms with E-state index in [1.54, 1.807) is 36.9 Å². The molecule has 1 aliphatic carbocycles. The average molecular weight is 577 g/mol. The number of hydrogen-bond donors (Lipinski definition) is 2. The van der Waals surface area contributed by atoms with E-state index >= 15 is 0 Å². The summed E-state index contributed by atoms with van der Waals surface area (Å²) >= 11 is 0. The number of carbonyl (C=O) groups is 1. The third-order valence-electron chi connectivity index (χ3n) is 8.19. The molecule has 1 fully saturated rings. The molecule has 4 rings (SSSR count). The lowest BCUT2D eigenvalue weighted by Crippen LogP contribution is -2.48. The van der Waals surface area contributed by atoms with Gasteiger partial charge in [-0.05, 0) is 64.8 Å². The molecule has 2 N–H and O–H groups in total.